The molecule has 4 heteroatoms. The predicted octanol–water partition coefficient (Wildman–Crippen LogP) is 4.39. The molecule has 3 aromatic rings. The Hall–Kier alpha value is -2.59. The summed E-state index contributed by atoms with van der Waals surface area (Å²) in [7, 11) is 0. The first-order valence-corrected chi connectivity index (χ1v) is 8.74. The molecule has 0 bridgehead atoms. The molecule has 4 nitrogen and oxygen atoms in total. The van der Waals surface area contributed by atoms with Crippen molar-refractivity contribution in [1.29, 1.82) is 0 Å². The molecule has 25 heavy (non-hydrogen) atoms. The summed E-state index contributed by atoms with van der Waals surface area (Å²) in [5, 5.41) is 4.08. The topological polar surface area (TPSA) is 51.5 Å². The highest BCUT2D eigenvalue weighted by molar-refractivity contribution is 5.99. The van der Waals surface area contributed by atoms with Crippen molar-refractivity contribution in [2.45, 2.75) is 32.4 Å². The molecule has 1 aliphatic rings. The molecule has 1 aliphatic carbocycles. The monoisotopic (exact) mass is 335 g/mol. The predicted molar refractivity (Wildman–Crippen MR) is 96.5 cm³/mol. The van der Waals surface area contributed by atoms with Crippen molar-refractivity contribution >= 4 is 16.9 Å². The molecule has 1 atom stereocenters. The van der Waals surface area contributed by atoms with Crippen LogP contribution in [-0.4, -0.2) is 12.5 Å². The fraction of sp³-hybridized carbons (Fsp3) is 0.286. The number of furan rings is 1. The van der Waals surface area contributed by atoms with Crippen LogP contribution in [0, 0.1) is 0 Å². The Labute approximate surface area is 146 Å². The number of amides is 1. The van der Waals surface area contributed by atoms with Crippen LogP contribution in [0.1, 0.15) is 46.6 Å². The minimum absolute atomic E-state index is 0.0388. The van der Waals surface area contributed by atoms with Crippen LogP contribution in [0.2, 0.25) is 0 Å². The van der Waals surface area contributed by atoms with Gasteiger partial charge in [-0.1, -0.05) is 42.5 Å². The van der Waals surface area contributed by atoms with Gasteiger partial charge in [0.2, 0.25) is 0 Å². The minimum atomic E-state index is -0.174. The molecule has 128 valence electrons. The Balaban J connectivity index is 1.64. The highest BCUT2D eigenvalue weighted by Gasteiger charge is 2.27. The average molecular weight is 335 g/mol. The highest BCUT2D eigenvalue weighted by atomic mass is 16.5. The molecule has 1 amide bonds. The normalized spacial score (nSPS) is 16.1. The van der Waals surface area contributed by atoms with Crippen molar-refractivity contribution in [2.24, 2.45) is 0 Å². The van der Waals surface area contributed by atoms with E-state index in [-0.39, 0.29) is 11.9 Å². The number of hydrogen-bond donors (Lipinski definition) is 1. The zero-order valence-corrected chi connectivity index (χ0v) is 14.2. The number of benzene rings is 2. The van der Waals surface area contributed by atoms with Crippen molar-refractivity contribution in [3.05, 3.63) is 71.0 Å². The summed E-state index contributed by atoms with van der Waals surface area (Å²) in [5.41, 5.74) is 4.06. The van der Waals surface area contributed by atoms with E-state index in [0.29, 0.717) is 24.6 Å². The molecule has 4 rings (SSSR count). The Morgan fingerprint density at radius 1 is 1.20 bits per heavy atom. The number of aryl methyl sites for hydroxylation is 1. The standard InChI is InChI=1S/C21H21NO3/c1-2-24-13-17-16-9-5-6-10-19(16)25-20(17)21(23)22-18-12-11-14-7-3-4-8-15(14)18/h3-10,18H,2,11-13H2,1H3,(H,22,23). The largest absolute Gasteiger partial charge is 0.451 e. The van der Waals surface area contributed by atoms with Crippen LogP contribution in [0.15, 0.2) is 52.9 Å². The molecule has 0 saturated heterocycles. The first-order valence-electron chi connectivity index (χ1n) is 8.74. The third-order valence-electron chi connectivity index (χ3n) is 4.79. The van der Waals surface area contributed by atoms with E-state index in [1.807, 2.05) is 43.3 Å². The van der Waals surface area contributed by atoms with Crippen LogP contribution in [0.3, 0.4) is 0 Å². The summed E-state index contributed by atoms with van der Waals surface area (Å²) in [6.07, 6.45) is 1.92. The van der Waals surface area contributed by atoms with Gasteiger partial charge in [0.15, 0.2) is 5.76 Å². The van der Waals surface area contributed by atoms with Crippen LogP contribution in [-0.2, 0) is 17.8 Å². The zero-order valence-electron chi connectivity index (χ0n) is 14.2. The summed E-state index contributed by atoms with van der Waals surface area (Å²) in [6, 6.07) is 16.0. The number of para-hydroxylation sites is 1. The van der Waals surface area contributed by atoms with Crippen molar-refractivity contribution in [3.8, 4) is 0 Å². The van der Waals surface area contributed by atoms with Crippen LogP contribution in [0.4, 0.5) is 0 Å². The van der Waals surface area contributed by atoms with Crippen LogP contribution < -0.4 is 5.32 Å². The molecule has 1 N–H and O–H groups in total. The lowest BCUT2D eigenvalue weighted by Gasteiger charge is -2.13. The van der Waals surface area contributed by atoms with E-state index in [2.05, 4.69) is 17.4 Å². The van der Waals surface area contributed by atoms with Gasteiger partial charge in [-0.05, 0) is 37.0 Å². The van der Waals surface area contributed by atoms with Gasteiger partial charge in [0.1, 0.15) is 5.58 Å². The van der Waals surface area contributed by atoms with Gasteiger partial charge in [0.05, 0.1) is 12.6 Å². The van der Waals surface area contributed by atoms with Gasteiger partial charge in [-0.3, -0.25) is 4.79 Å². The fourth-order valence-electron chi connectivity index (χ4n) is 3.56. The average Bonchev–Trinajstić information content (AvgIpc) is 3.22. The van der Waals surface area contributed by atoms with Crippen molar-refractivity contribution in [1.82, 2.24) is 5.32 Å². The lowest BCUT2D eigenvalue weighted by molar-refractivity contribution is 0.0898. The van der Waals surface area contributed by atoms with Crippen LogP contribution >= 0.6 is 0 Å². The molecule has 0 saturated carbocycles. The first kappa shape index (κ1) is 15.9. The molecular formula is C21H21NO3. The molecule has 0 fully saturated rings. The van der Waals surface area contributed by atoms with E-state index in [9.17, 15) is 4.79 Å². The number of nitrogens with one attached hydrogen (secondary N) is 1. The van der Waals surface area contributed by atoms with Gasteiger partial charge in [0.25, 0.3) is 5.91 Å². The Morgan fingerprint density at radius 2 is 2.00 bits per heavy atom. The molecule has 2 aromatic carbocycles. The fourth-order valence-corrected chi connectivity index (χ4v) is 3.56. The number of rotatable bonds is 5. The smallest absolute Gasteiger partial charge is 0.287 e. The number of carbonyl (C=O) groups is 1. The third kappa shape index (κ3) is 2.94. The van der Waals surface area contributed by atoms with Gasteiger partial charge < -0.3 is 14.5 Å². The maximum absolute atomic E-state index is 12.9. The molecule has 0 radical (unpaired) electrons. The lowest BCUT2D eigenvalue weighted by atomic mass is 10.1. The Morgan fingerprint density at radius 3 is 2.88 bits per heavy atom. The lowest BCUT2D eigenvalue weighted by Crippen LogP contribution is -2.27. The zero-order chi connectivity index (χ0) is 17.2. The van der Waals surface area contributed by atoms with Crippen molar-refractivity contribution in [2.75, 3.05) is 6.61 Å². The summed E-state index contributed by atoms with van der Waals surface area (Å²) in [4.78, 5) is 12.9. The van der Waals surface area contributed by atoms with Gasteiger partial charge in [-0.25, -0.2) is 0 Å². The quantitative estimate of drug-likeness (QED) is 0.752. The summed E-state index contributed by atoms with van der Waals surface area (Å²) >= 11 is 0. The van der Waals surface area contributed by atoms with E-state index in [1.54, 1.807) is 0 Å². The molecule has 0 spiro atoms. The highest BCUT2D eigenvalue weighted by Crippen LogP contribution is 2.32. The number of hydrogen-bond acceptors (Lipinski definition) is 3. The van der Waals surface area contributed by atoms with Gasteiger partial charge >= 0.3 is 0 Å². The Kier molecular flexibility index (Phi) is 4.28. The van der Waals surface area contributed by atoms with E-state index >= 15 is 0 Å². The van der Waals surface area contributed by atoms with Crippen LogP contribution in [0.25, 0.3) is 11.0 Å². The van der Waals surface area contributed by atoms with E-state index in [4.69, 9.17) is 9.15 Å². The third-order valence-corrected chi connectivity index (χ3v) is 4.79. The van der Waals surface area contributed by atoms with Gasteiger partial charge in [-0.15, -0.1) is 0 Å². The maximum Gasteiger partial charge on any atom is 0.287 e. The van der Waals surface area contributed by atoms with Crippen molar-refractivity contribution in [3.63, 3.8) is 0 Å². The summed E-state index contributed by atoms with van der Waals surface area (Å²) in [6.45, 7) is 2.91. The second-order valence-corrected chi connectivity index (χ2v) is 6.31. The number of ether oxygens (including phenoxy) is 1. The van der Waals surface area contributed by atoms with E-state index < -0.39 is 0 Å². The Bertz CT molecular complexity index is 912. The molecular weight excluding hydrogens is 314 g/mol. The van der Waals surface area contributed by atoms with Gasteiger partial charge in [0, 0.05) is 17.6 Å². The molecule has 1 heterocycles. The second-order valence-electron chi connectivity index (χ2n) is 6.31. The molecule has 0 aliphatic heterocycles. The van der Waals surface area contributed by atoms with E-state index in [1.165, 1.54) is 11.1 Å². The van der Waals surface area contributed by atoms with Crippen molar-refractivity contribution < 1.29 is 13.9 Å². The van der Waals surface area contributed by atoms with E-state index in [0.717, 1.165) is 23.8 Å². The molecule has 1 aromatic heterocycles. The minimum Gasteiger partial charge on any atom is -0.451 e. The SMILES string of the molecule is CCOCc1c(C(=O)NC2CCc3ccccc32)oc2ccccc12. The number of fused-ring (bicyclic) bond motifs is 2. The second kappa shape index (κ2) is 6.73. The summed E-state index contributed by atoms with van der Waals surface area (Å²) < 4.78 is 11.4. The summed E-state index contributed by atoms with van der Waals surface area (Å²) in [5.74, 6) is 0.187. The van der Waals surface area contributed by atoms with Gasteiger partial charge in [-0.2, -0.15) is 0 Å². The maximum atomic E-state index is 12.9. The van der Waals surface area contributed by atoms with Crippen LogP contribution in [0.5, 0.6) is 0 Å². The first-order chi connectivity index (χ1) is 12.3. The molecule has 1 unspecified atom stereocenters. The number of carbonyl (C=O) groups excluding carboxylic acids is 1.